The molecule has 1 nitrogen and oxygen atoms in total. The summed E-state index contributed by atoms with van der Waals surface area (Å²) in [7, 11) is 0. The molecule has 0 bridgehead atoms. The molecule has 0 amide bonds. The van der Waals surface area contributed by atoms with Crippen molar-refractivity contribution in [1.82, 2.24) is 0 Å². The van der Waals surface area contributed by atoms with Crippen molar-refractivity contribution in [3.8, 4) is 0 Å². The van der Waals surface area contributed by atoms with Gasteiger partial charge >= 0.3 is 0 Å². The van der Waals surface area contributed by atoms with E-state index in [4.69, 9.17) is 0 Å². The molecular weight excluding hydrogens is 208 g/mol. The smallest absolute Gasteiger partial charge is 0.0644 e. The molecule has 0 aromatic carbocycles. The van der Waals surface area contributed by atoms with Gasteiger partial charge in [0, 0.05) is 0 Å². The number of aliphatic hydroxyl groups excluding tert-OH is 1. The van der Waals surface area contributed by atoms with Crippen LogP contribution < -0.4 is 0 Å². The van der Waals surface area contributed by atoms with Crippen LogP contribution in [0.5, 0.6) is 0 Å². The SMILES string of the molecule is C=C(C)C1CCCC(CO)=C2CCC(C)C2C1. The van der Waals surface area contributed by atoms with Gasteiger partial charge in [0.1, 0.15) is 0 Å². The summed E-state index contributed by atoms with van der Waals surface area (Å²) in [6, 6.07) is 0. The third kappa shape index (κ3) is 2.65. The molecule has 3 unspecified atom stereocenters. The molecule has 0 aliphatic heterocycles. The van der Waals surface area contributed by atoms with Crippen molar-refractivity contribution < 1.29 is 5.11 Å². The minimum absolute atomic E-state index is 0.288. The van der Waals surface area contributed by atoms with Crippen LogP contribution in [0.3, 0.4) is 0 Å². The van der Waals surface area contributed by atoms with E-state index >= 15 is 0 Å². The standard InChI is InChI=1S/C16H26O/c1-11(2)13-5-4-6-14(10-17)15-8-7-12(3)16(15)9-13/h12-13,16-17H,1,4-10H2,2-3H3. The lowest BCUT2D eigenvalue weighted by Crippen LogP contribution is -2.17. The molecule has 0 aromatic heterocycles. The Kier molecular flexibility index (Phi) is 4.09. The average molecular weight is 234 g/mol. The van der Waals surface area contributed by atoms with E-state index in [0.717, 1.165) is 18.3 Å². The molecule has 0 heterocycles. The van der Waals surface area contributed by atoms with Crippen LogP contribution >= 0.6 is 0 Å². The van der Waals surface area contributed by atoms with Crippen LogP contribution in [-0.4, -0.2) is 11.7 Å². The summed E-state index contributed by atoms with van der Waals surface area (Å²) in [5.41, 5.74) is 4.32. The molecular formula is C16H26O. The van der Waals surface area contributed by atoms with Crippen molar-refractivity contribution in [2.45, 2.75) is 52.4 Å². The van der Waals surface area contributed by atoms with Crippen molar-refractivity contribution in [2.75, 3.05) is 6.61 Å². The van der Waals surface area contributed by atoms with Crippen LogP contribution in [0.2, 0.25) is 0 Å². The van der Waals surface area contributed by atoms with Crippen LogP contribution in [0, 0.1) is 17.8 Å². The topological polar surface area (TPSA) is 20.2 Å². The maximum atomic E-state index is 9.54. The van der Waals surface area contributed by atoms with E-state index in [1.54, 1.807) is 5.57 Å². The Bertz CT molecular complexity index is 326. The Morgan fingerprint density at radius 1 is 1.35 bits per heavy atom. The van der Waals surface area contributed by atoms with E-state index in [2.05, 4.69) is 20.4 Å². The van der Waals surface area contributed by atoms with Crippen molar-refractivity contribution in [1.29, 1.82) is 0 Å². The van der Waals surface area contributed by atoms with Gasteiger partial charge in [-0.25, -0.2) is 0 Å². The molecule has 1 fully saturated rings. The van der Waals surface area contributed by atoms with Crippen molar-refractivity contribution in [3.63, 3.8) is 0 Å². The van der Waals surface area contributed by atoms with E-state index in [9.17, 15) is 5.11 Å². The van der Waals surface area contributed by atoms with Gasteiger partial charge in [-0.3, -0.25) is 0 Å². The number of fused-ring (bicyclic) bond motifs is 1. The lowest BCUT2D eigenvalue weighted by Gasteiger charge is -2.29. The van der Waals surface area contributed by atoms with Crippen LogP contribution in [0.1, 0.15) is 52.4 Å². The molecule has 2 rings (SSSR count). The van der Waals surface area contributed by atoms with Gasteiger partial charge in [0.2, 0.25) is 0 Å². The molecule has 17 heavy (non-hydrogen) atoms. The molecule has 0 spiro atoms. The van der Waals surface area contributed by atoms with Gasteiger partial charge in [-0.05, 0) is 68.8 Å². The summed E-state index contributed by atoms with van der Waals surface area (Å²) < 4.78 is 0. The molecule has 3 atom stereocenters. The highest BCUT2D eigenvalue weighted by Gasteiger charge is 2.33. The average Bonchev–Trinajstić information content (AvgIpc) is 2.59. The van der Waals surface area contributed by atoms with E-state index < -0.39 is 0 Å². The Hall–Kier alpha value is -0.560. The minimum Gasteiger partial charge on any atom is -0.392 e. The summed E-state index contributed by atoms with van der Waals surface area (Å²) in [5, 5.41) is 9.54. The van der Waals surface area contributed by atoms with Crippen LogP contribution in [-0.2, 0) is 0 Å². The highest BCUT2D eigenvalue weighted by molar-refractivity contribution is 5.23. The van der Waals surface area contributed by atoms with Crippen molar-refractivity contribution in [2.24, 2.45) is 17.8 Å². The normalized spacial score (nSPS) is 34.2. The van der Waals surface area contributed by atoms with E-state index in [0.29, 0.717) is 5.92 Å². The van der Waals surface area contributed by atoms with Gasteiger partial charge in [-0.15, -0.1) is 0 Å². The first-order valence-corrected chi connectivity index (χ1v) is 7.10. The second kappa shape index (κ2) is 5.39. The van der Waals surface area contributed by atoms with Crippen LogP contribution in [0.25, 0.3) is 0 Å². The zero-order valence-electron chi connectivity index (χ0n) is 11.3. The molecule has 0 radical (unpaired) electrons. The first kappa shape index (κ1) is 12.9. The zero-order chi connectivity index (χ0) is 12.4. The van der Waals surface area contributed by atoms with E-state index in [1.807, 2.05) is 0 Å². The second-order valence-corrected chi connectivity index (χ2v) is 6.08. The van der Waals surface area contributed by atoms with Crippen molar-refractivity contribution in [3.05, 3.63) is 23.3 Å². The van der Waals surface area contributed by atoms with Gasteiger partial charge in [0.25, 0.3) is 0 Å². The number of hydrogen-bond donors (Lipinski definition) is 1. The maximum absolute atomic E-state index is 9.54. The fraction of sp³-hybridized carbons (Fsp3) is 0.750. The lowest BCUT2D eigenvalue weighted by atomic mass is 9.77. The Morgan fingerprint density at radius 2 is 2.12 bits per heavy atom. The predicted octanol–water partition coefficient (Wildman–Crippen LogP) is 4.09. The zero-order valence-corrected chi connectivity index (χ0v) is 11.3. The van der Waals surface area contributed by atoms with Crippen LogP contribution in [0.4, 0.5) is 0 Å². The quantitative estimate of drug-likeness (QED) is 0.714. The third-order valence-corrected chi connectivity index (χ3v) is 4.91. The summed E-state index contributed by atoms with van der Waals surface area (Å²) in [5.74, 6) is 2.22. The van der Waals surface area contributed by atoms with Gasteiger partial charge in [-0.2, -0.15) is 0 Å². The fourth-order valence-electron chi connectivity index (χ4n) is 3.70. The molecule has 2 aliphatic carbocycles. The predicted molar refractivity (Wildman–Crippen MR) is 72.8 cm³/mol. The van der Waals surface area contributed by atoms with Crippen LogP contribution in [0.15, 0.2) is 23.3 Å². The second-order valence-electron chi connectivity index (χ2n) is 6.08. The minimum atomic E-state index is 0.288. The highest BCUT2D eigenvalue weighted by Crippen LogP contribution is 2.45. The first-order valence-electron chi connectivity index (χ1n) is 7.10. The number of rotatable bonds is 2. The Balaban J connectivity index is 2.25. The Labute approximate surface area is 106 Å². The summed E-state index contributed by atoms with van der Waals surface area (Å²) >= 11 is 0. The summed E-state index contributed by atoms with van der Waals surface area (Å²) in [4.78, 5) is 0. The molecule has 1 heteroatoms. The van der Waals surface area contributed by atoms with E-state index in [1.165, 1.54) is 43.3 Å². The molecule has 0 aromatic rings. The summed E-state index contributed by atoms with van der Waals surface area (Å²) in [6.07, 6.45) is 7.40. The largest absolute Gasteiger partial charge is 0.392 e. The van der Waals surface area contributed by atoms with Gasteiger partial charge < -0.3 is 5.11 Å². The first-order chi connectivity index (χ1) is 8.13. The number of allylic oxidation sites excluding steroid dienone is 2. The van der Waals surface area contributed by atoms with Crippen molar-refractivity contribution >= 4 is 0 Å². The fourth-order valence-corrected chi connectivity index (χ4v) is 3.70. The Morgan fingerprint density at radius 3 is 2.76 bits per heavy atom. The number of aliphatic hydroxyl groups is 1. The molecule has 1 N–H and O–H groups in total. The molecule has 2 aliphatic rings. The van der Waals surface area contributed by atoms with Gasteiger partial charge in [0.05, 0.1) is 6.61 Å². The highest BCUT2D eigenvalue weighted by atomic mass is 16.3. The molecule has 1 saturated carbocycles. The summed E-state index contributed by atoms with van der Waals surface area (Å²) in [6.45, 7) is 9.01. The molecule has 96 valence electrons. The monoisotopic (exact) mass is 234 g/mol. The molecule has 0 saturated heterocycles. The number of hydrogen-bond acceptors (Lipinski definition) is 1. The maximum Gasteiger partial charge on any atom is 0.0644 e. The van der Waals surface area contributed by atoms with Gasteiger partial charge in [0.15, 0.2) is 0 Å². The lowest BCUT2D eigenvalue weighted by molar-refractivity contribution is 0.306. The third-order valence-electron chi connectivity index (χ3n) is 4.91. The van der Waals surface area contributed by atoms with E-state index in [-0.39, 0.29) is 6.61 Å². The van der Waals surface area contributed by atoms with Gasteiger partial charge in [-0.1, -0.05) is 24.6 Å².